The zero-order chi connectivity index (χ0) is 15.5. The van der Waals surface area contributed by atoms with Gasteiger partial charge < -0.3 is 9.64 Å². The zero-order valence-corrected chi connectivity index (χ0v) is 13.7. The number of thiazole rings is 1. The van der Waals surface area contributed by atoms with Crippen molar-refractivity contribution in [1.82, 2.24) is 9.88 Å². The van der Waals surface area contributed by atoms with E-state index in [1.807, 2.05) is 43.6 Å². The molecule has 2 heterocycles. The van der Waals surface area contributed by atoms with Gasteiger partial charge in [0.05, 0.1) is 6.10 Å². The summed E-state index contributed by atoms with van der Waals surface area (Å²) in [6.45, 7) is 3.46. The predicted molar refractivity (Wildman–Crippen MR) is 88.2 cm³/mol. The average molecular weight is 316 g/mol. The highest BCUT2D eigenvalue weighted by Crippen LogP contribution is 2.24. The van der Waals surface area contributed by atoms with Crippen molar-refractivity contribution in [2.24, 2.45) is 0 Å². The molecule has 0 N–H and O–H groups in total. The smallest absolute Gasteiger partial charge is 0.253 e. The van der Waals surface area contributed by atoms with E-state index in [0.717, 1.165) is 35.7 Å². The van der Waals surface area contributed by atoms with Crippen molar-refractivity contribution in [2.45, 2.75) is 25.9 Å². The van der Waals surface area contributed by atoms with Gasteiger partial charge in [-0.05, 0) is 31.9 Å². The normalized spacial score (nSPS) is 17.6. The SMILES string of the molecule is Cc1csc(-c2ccc(C(=O)N(C)C[C@@H]3CCCO3)cc2)n1. The first-order valence-corrected chi connectivity index (χ1v) is 8.41. The van der Waals surface area contributed by atoms with Gasteiger partial charge in [0.1, 0.15) is 5.01 Å². The highest BCUT2D eigenvalue weighted by molar-refractivity contribution is 7.13. The van der Waals surface area contributed by atoms with E-state index < -0.39 is 0 Å². The van der Waals surface area contributed by atoms with Gasteiger partial charge in [-0.2, -0.15) is 0 Å². The van der Waals surface area contributed by atoms with Gasteiger partial charge in [-0.3, -0.25) is 4.79 Å². The van der Waals surface area contributed by atoms with Gasteiger partial charge in [-0.15, -0.1) is 11.3 Å². The molecule has 1 aromatic carbocycles. The first-order chi connectivity index (χ1) is 10.6. The van der Waals surface area contributed by atoms with Crippen molar-refractivity contribution in [3.05, 3.63) is 40.9 Å². The summed E-state index contributed by atoms with van der Waals surface area (Å²) >= 11 is 1.62. The van der Waals surface area contributed by atoms with Crippen molar-refractivity contribution in [3.63, 3.8) is 0 Å². The van der Waals surface area contributed by atoms with Gasteiger partial charge in [-0.1, -0.05) is 12.1 Å². The minimum absolute atomic E-state index is 0.0392. The fourth-order valence-corrected chi connectivity index (χ4v) is 3.44. The number of carbonyl (C=O) groups excluding carboxylic acids is 1. The molecule has 5 heteroatoms. The molecular weight excluding hydrogens is 296 g/mol. The average Bonchev–Trinajstić information content (AvgIpc) is 3.18. The van der Waals surface area contributed by atoms with Crippen LogP contribution in [0.5, 0.6) is 0 Å². The second kappa shape index (κ2) is 6.58. The van der Waals surface area contributed by atoms with E-state index >= 15 is 0 Å². The first-order valence-electron chi connectivity index (χ1n) is 7.53. The van der Waals surface area contributed by atoms with Crippen molar-refractivity contribution in [2.75, 3.05) is 20.2 Å². The van der Waals surface area contributed by atoms with E-state index in [9.17, 15) is 4.79 Å². The van der Waals surface area contributed by atoms with Crippen molar-refractivity contribution >= 4 is 17.2 Å². The molecule has 22 heavy (non-hydrogen) atoms. The van der Waals surface area contributed by atoms with E-state index in [4.69, 9.17) is 4.74 Å². The van der Waals surface area contributed by atoms with Crippen LogP contribution in [0.15, 0.2) is 29.6 Å². The Kier molecular flexibility index (Phi) is 4.55. The summed E-state index contributed by atoms with van der Waals surface area (Å²) in [5.41, 5.74) is 2.78. The maximum absolute atomic E-state index is 12.4. The lowest BCUT2D eigenvalue weighted by Crippen LogP contribution is -2.34. The number of ether oxygens (including phenoxy) is 1. The van der Waals surface area contributed by atoms with Crippen LogP contribution in [0.25, 0.3) is 10.6 Å². The molecule has 0 spiro atoms. The van der Waals surface area contributed by atoms with Crippen LogP contribution in [0.3, 0.4) is 0 Å². The lowest BCUT2D eigenvalue weighted by Gasteiger charge is -2.20. The van der Waals surface area contributed by atoms with Crippen LogP contribution in [0, 0.1) is 6.92 Å². The largest absolute Gasteiger partial charge is 0.376 e. The van der Waals surface area contributed by atoms with Gasteiger partial charge in [-0.25, -0.2) is 4.98 Å². The quantitative estimate of drug-likeness (QED) is 0.868. The van der Waals surface area contributed by atoms with E-state index in [0.29, 0.717) is 12.1 Å². The summed E-state index contributed by atoms with van der Waals surface area (Å²) in [7, 11) is 1.84. The summed E-state index contributed by atoms with van der Waals surface area (Å²) < 4.78 is 5.59. The lowest BCUT2D eigenvalue weighted by molar-refractivity contribution is 0.0587. The number of nitrogens with zero attached hydrogens (tertiary/aromatic N) is 2. The molecule has 116 valence electrons. The molecule has 1 fully saturated rings. The second-order valence-electron chi connectivity index (χ2n) is 5.69. The third kappa shape index (κ3) is 3.36. The monoisotopic (exact) mass is 316 g/mol. The molecule has 4 nitrogen and oxygen atoms in total. The van der Waals surface area contributed by atoms with Crippen LogP contribution in [0.2, 0.25) is 0 Å². The van der Waals surface area contributed by atoms with Gasteiger partial charge >= 0.3 is 0 Å². The molecule has 1 aliphatic heterocycles. The molecule has 1 aliphatic rings. The van der Waals surface area contributed by atoms with Crippen LogP contribution in [0.4, 0.5) is 0 Å². The number of aromatic nitrogens is 1. The van der Waals surface area contributed by atoms with Gasteiger partial charge in [0, 0.05) is 42.4 Å². The third-order valence-corrected chi connectivity index (χ3v) is 4.86. The number of aryl methyl sites for hydroxylation is 1. The van der Waals surface area contributed by atoms with Crippen LogP contribution in [0.1, 0.15) is 28.9 Å². The summed E-state index contributed by atoms with van der Waals surface area (Å²) in [4.78, 5) is 18.7. The van der Waals surface area contributed by atoms with Gasteiger partial charge in [0.2, 0.25) is 0 Å². The molecule has 3 rings (SSSR count). The van der Waals surface area contributed by atoms with Crippen molar-refractivity contribution in [1.29, 1.82) is 0 Å². The molecule has 0 saturated carbocycles. The van der Waals surface area contributed by atoms with Crippen LogP contribution in [-0.2, 0) is 4.74 Å². The lowest BCUT2D eigenvalue weighted by atomic mass is 10.1. The van der Waals surface area contributed by atoms with Crippen molar-refractivity contribution in [3.8, 4) is 10.6 Å². The number of likely N-dealkylation sites (N-methyl/N-ethyl adjacent to an activating group) is 1. The Labute approximate surface area is 134 Å². The molecule has 0 bridgehead atoms. The fourth-order valence-electron chi connectivity index (χ4n) is 2.64. The number of carbonyl (C=O) groups is 1. The number of rotatable bonds is 4. The standard InChI is InChI=1S/C17H20N2O2S/c1-12-11-22-16(18-12)13-5-7-14(8-6-13)17(20)19(2)10-15-4-3-9-21-15/h5-8,11,15H,3-4,9-10H2,1-2H3/t15-/m0/s1. The Morgan fingerprint density at radius 1 is 1.41 bits per heavy atom. The molecule has 0 aliphatic carbocycles. The third-order valence-electron chi connectivity index (χ3n) is 3.85. The Hall–Kier alpha value is -1.72. The number of hydrogen-bond donors (Lipinski definition) is 0. The van der Waals surface area contributed by atoms with Crippen LogP contribution in [-0.4, -0.2) is 42.1 Å². The van der Waals surface area contributed by atoms with E-state index in [2.05, 4.69) is 4.98 Å². The van der Waals surface area contributed by atoms with Crippen LogP contribution >= 0.6 is 11.3 Å². The Morgan fingerprint density at radius 2 is 2.18 bits per heavy atom. The summed E-state index contributed by atoms with van der Waals surface area (Å²) in [5.74, 6) is 0.0392. The minimum Gasteiger partial charge on any atom is -0.376 e. The maximum Gasteiger partial charge on any atom is 0.253 e. The molecule has 0 radical (unpaired) electrons. The summed E-state index contributed by atoms with van der Waals surface area (Å²) in [6.07, 6.45) is 2.32. The Bertz CT molecular complexity index is 645. The maximum atomic E-state index is 12.4. The minimum atomic E-state index is 0.0392. The predicted octanol–water partition coefficient (Wildman–Crippen LogP) is 3.37. The molecule has 0 unspecified atom stereocenters. The van der Waals surface area contributed by atoms with Gasteiger partial charge in [0.15, 0.2) is 0 Å². The summed E-state index contributed by atoms with van der Waals surface area (Å²) in [5, 5.41) is 3.02. The number of benzene rings is 1. The first kappa shape index (κ1) is 15.2. The second-order valence-corrected chi connectivity index (χ2v) is 6.55. The molecule has 2 aromatic rings. The Balaban J connectivity index is 1.67. The van der Waals surface area contributed by atoms with Gasteiger partial charge in [0.25, 0.3) is 5.91 Å². The molecular formula is C17H20N2O2S. The number of hydrogen-bond acceptors (Lipinski definition) is 4. The number of amides is 1. The van der Waals surface area contributed by atoms with Crippen molar-refractivity contribution < 1.29 is 9.53 Å². The van der Waals surface area contributed by atoms with E-state index in [1.54, 1.807) is 16.2 Å². The summed E-state index contributed by atoms with van der Waals surface area (Å²) in [6, 6.07) is 7.68. The topological polar surface area (TPSA) is 42.4 Å². The van der Waals surface area contributed by atoms with E-state index in [-0.39, 0.29) is 12.0 Å². The highest BCUT2D eigenvalue weighted by atomic mass is 32.1. The highest BCUT2D eigenvalue weighted by Gasteiger charge is 2.20. The molecule has 1 aromatic heterocycles. The Morgan fingerprint density at radius 3 is 2.77 bits per heavy atom. The molecule has 1 saturated heterocycles. The van der Waals surface area contributed by atoms with Crippen LogP contribution < -0.4 is 0 Å². The van der Waals surface area contributed by atoms with E-state index in [1.165, 1.54) is 0 Å². The zero-order valence-electron chi connectivity index (χ0n) is 12.9. The fraction of sp³-hybridized carbons (Fsp3) is 0.412. The molecule has 1 atom stereocenters. The molecule has 1 amide bonds.